The maximum atomic E-state index is 13.3. The quantitative estimate of drug-likeness (QED) is 0.655. The standard InChI is InChI=1S/C23H30N4O5S/c1-16-12-19(33(30,31)18-4-2-3-5-18)14-22(28)27(16)20(13-17-6-10-32-11-7-17)23(29)26-21-15-24-8-9-25-21/h8-9,12,14-15,17-18,20H,2-7,10-11,13H2,1H3,(H,25,26,29). The fourth-order valence-corrected chi connectivity index (χ4v) is 6.78. The number of sulfone groups is 1. The first-order valence-corrected chi connectivity index (χ1v) is 13.0. The van der Waals surface area contributed by atoms with Crippen LogP contribution in [0.25, 0.3) is 0 Å². The lowest BCUT2D eigenvalue weighted by atomic mass is 9.91. The van der Waals surface area contributed by atoms with Crippen molar-refractivity contribution in [2.75, 3.05) is 18.5 Å². The summed E-state index contributed by atoms with van der Waals surface area (Å²) in [6.07, 6.45) is 9.49. The van der Waals surface area contributed by atoms with Crippen molar-refractivity contribution < 1.29 is 17.9 Å². The van der Waals surface area contributed by atoms with Crippen LogP contribution in [0.15, 0.2) is 40.4 Å². The minimum absolute atomic E-state index is 0.0484. The molecule has 10 heteroatoms. The van der Waals surface area contributed by atoms with E-state index < -0.39 is 26.7 Å². The zero-order valence-electron chi connectivity index (χ0n) is 18.8. The maximum absolute atomic E-state index is 13.3. The third-order valence-electron chi connectivity index (χ3n) is 6.63. The average Bonchev–Trinajstić information content (AvgIpc) is 3.35. The van der Waals surface area contributed by atoms with Crippen LogP contribution in [0, 0.1) is 12.8 Å². The maximum Gasteiger partial charge on any atom is 0.252 e. The molecule has 0 radical (unpaired) electrons. The Balaban J connectivity index is 1.68. The van der Waals surface area contributed by atoms with Crippen molar-refractivity contribution in [1.82, 2.24) is 14.5 Å². The third kappa shape index (κ3) is 5.33. The van der Waals surface area contributed by atoms with Crippen LogP contribution in [0.1, 0.15) is 56.7 Å². The summed E-state index contributed by atoms with van der Waals surface area (Å²) in [6, 6.07) is 1.90. The summed E-state index contributed by atoms with van der Waals surface area (Å²) in [5.41, 5.74) is -0.0386. The van der Waals surface area contributed by atoms with Crippen LogP contribution in [-0.4, -0.2) is 47.3 Å². The van der Waals surface area contributed by atoms with E-state index in [2.05, 4.69) is 15.3 Å². The Bertz CT molecular complexity index is 1140. The number of hydrogen-bond acceptors (Lipinski definition) is 7. The summed E-state index contributed by atoms with van der Waals surface area (Å²) in [4.78, 5) is 34.6. The van der Waals surface area contributed by atoms with Crippen molar-refractivity contribution in [2.45, 2.75) is 68.1 Å². The van der Waals surface area contributed by atoms with E-state index in [0.717, 1.165) is 25.7 Å². The molecule has 1 atom stereocenters. The first kappa shape index (κ1) is 23.6. The lowest BCUT2D eigenvalue weighted by molar-refractivity contribution is -0.120. The van der Waals surface area contributed by atoms with Crippen molar-refractivity contribution in [3.63, 3.8) is 0 Å². The average molecular weight is 475 g/mol. The molecule has 1 amide bonds. The summed E-state index contributed by atoms with van der Waals surface area (Å²) in [5.74, 6) is 0.133. The van der Waals surface area contributed by atoms with Gasteiger partial charge in [-0.1, -0.05) is 12.8 Å². The predicted octanol–water partition coefficient (Wildman–Crippen LogP) is 2.66. The second kappa shape index (κ2) is 10.1. The molecule has 2 aromatic rings. The lowest BCUT2D eigenvalue weighted by Gasteiger charge is -2.28. The van der Waals surface area contributed by atoms with Gasteiger partial charge in [-0.05, 0) is 51.0 Å². The molecule has 2 aliphatic rings. The SMILES string of the molecule is Cc1cc(S(=O)(=O)C2CCCC2)cc(=O)n1C(CC1CCOCC1)C(=O)Nc1cnccn1. The van der Waals surface area contributed by atoms with Gasteiger partial charge in [-0.15, -0.1) is 0 Å². The van der Waals surface area contributed by atoms with E-state index >= 15 is 0 Å². The number of anilines is 1. The molecule has 178 valence electrons. The summed E-state index contributed by atoms with van der Waals surface area (Å²) < 4.78 is 33.0. The Hall–Kier alpha value is -2.59. The molecule has 1 aliphatic carbocycles. The first-order valence-electron chi connectivity index (χ1n) is 11.5. The van der Waals surface area contributed by atoms with E-state index in [-0.39, 0.29) is 16.7 Å². The molecule has 1 aliphatic heterocycles. The number of nitrogens with one attached hydrogen (secondary N) is 1. The minimum Gasteiger partial charge on any atom is -0.381 e. The van der Waals surface area contributed by atoms with Gasteiger partial charge in [0.15, 0.2) is 15.7 Å². The van der Waals surface area contributed by atoms with Gasteiger partial charge in [-0.25, -0.2) is 13.4 Å². The molecule has 33 heavy (non-hydrogen) atoms. The summed E-state index contributed by atoms with van der Waals surface area (Å²) in [5, 5.41) is 2.31. The van der Waals surface area contributed by atoms with Gasteiger partial charge in [0.1, 0.15) is 6.04 Å². The van der Waals surface area contributed by atoms with E-state index in [1.165, 1.54) is 35.3 Å². The number of amides is 1. The largest absolute Gasteiger partial charge is 0.381 e. The highest BCUT2D eigenvalue weighted by atomic mass is 32.2. The number of carbonyl (C=O) groups excluding carboxylic acids is 1. The Morgan fingerprint density at radius 3 is 2.55 bits per heavy atom. The fraction of sp³-hybridized carbons (Fsp3) is 0.565. The normalized spacial score (nSPS) is 18.8. The molecule has 0 bridgehead atoms. The van der Waals surface area contributed by atoms with Crippen molar-refractivity contribution in [3.05, 3.63) is 46.8 Å². The zero-order chi connectivity index (χ0) is 23.4. The van der Waals surface area contributed by atoms with E-state index in [4.69, 9.17) is 4.74 Å². The van der Waals surface area contributed by atoms with Gasteiger partial charge in [0.05, 0.1) is 16.3 Å². The van der Waals surface area contributed by atoms with Gasteiger partial charge >= 0.3 is 0 Å². The zero-order valence-corrected chi connectivity index (χ0v) is 19.6. The summed E-state index contributed by atoms with van der Waals surface area (Å²) >= 11 is 0. The molecular weight excluding hydrogens is 444 g/mol. The van der Waals surface area contributed by atoms with Gasteiger partial charge in [-0.2, -0.15) is 0 Å². The van der Waals surface area contributed by atoms with E-state index in [9.17, 15) is 18.0 Å². The van der Waals surface area contributed by atoms with Gasteiger partial charge < -0.3 is 14.6 Å². The fourth-order valence-electron chi connectivity index (χ4n) is 4.84. The van der Waals surface area contributed by atoms with E-state index in [1.807, 2.05) is 0 Å². The predicted molar refractivity (Wildman–Crippen MR) is 123 cm³/mol. The van der Waals surface area contributed by atoms with Crippen LogP contribution in [-0.2, 0) is 19.4 Å². The number of carbonyl (C=O) groups is 1. The van der Waals surface area contributed by atoms with E-state index in [0.29, 0.717) is 44.0 Å². The number of rotatable bonds is 7. The molecule has 3 heterocycles. The molecule has 2 aromatic heterocycles. The third-order valence-corrected chi connectivity index (χ3v) is 8.87. The molecule has 0 spiro atoms. The summed E-state index contributed by atoms with van der Waals surface area (Å²) in [6.45, 7) is 2.92. The van der Waals surface area contributed by atoms with Gasteiger partial charge in [0.25, 0.3) is 5.56 Å². The van der Waals surface area contributed by atoms with Crippen LogP contribution in [0.4, 0.5) is 5.82 Å². The van der Waals surface area contributed by atoms with Crippen molar-refractivity contribution >= 4 is 21.6 Å². The topological polar surface area (TPSA) is 120 Å². The number of aromatic nitrogens is 3. The van der Waals surface area contributed by atoms with Crippen LogP contribution in [0.3, 0.4) is 0 Å². The molecule has 9 nitrogen and oxygen atoms in total. The molecule has 1 saturated heterocycles. The number of hydrogen-bond donors (Lipinski definition) is 1. The Kier molecular flexibility index (Phi) is 7.23. The lowest BCUT2D eigenvalue weighted by Crippen LogP contribution is -2.37. The van der Waals surface area contributed by atoms with Crippen LogP contribution in [0.2, 0.25) is 0 Å². The molecule has 1 unspecified atom stereocenters. The van der Waals surface area contributed by atoms with Crippen molar-refractivity contribution in [2.24, 2.45) is 5.92 Å². The van der Waals surface area contributed by atoms with Crippen molar-refractivity contribution in [1.29, 1.82) is 0 Å². The van der Waals surface area contributed by atoms with Crippen LogP contribution < -0.4 is 10.9 Å². The second-order valence-corrected chi connectivity index (χ2v) is 11.1. The Morgan fingerprint density at radius 1 is 1.18 bits per heavy atom. The van der Waals surface area contributed by atoms with Crippen molar-refractivity contribution in [3.8, 4) is 0 Å². The van der Waals surface area contributed by atoms with Gasteiger partial charge in [0.2, 0.25) is 5.91 Å². The number of pyridine rings is 1. The molecule has 1 saturated carbocycles. The highest BCUT2D eigenvalue weighted by Gasteiger charge is 2.33. The smallest absolute Gasteiger partial charge is 0.252 e. The molecule has 0 aromatic carbocycles. The Morgan fingerprint density at radius 2 is 1.91 bits per heavy atom. The second-order valence-electron chi connectivity index (χ2n) is 8.88. The van der Waals surface area contributed by atoms with Crippen LogP contribution in [0.5, 0.6) is 0 Å². The summed E-state index contributed by atoms with van der Waals surface area (Å²) in [7, 11) is -3.57. The van der Waals surface area contributed by atoms with Crippen LogP contribution >= 0.6 is 0 Å². The molecule has 2 fully saturated rings. The minimum atomic E-state index is -3.57. The number of ether oxygens (including phenoxy) is 1. The number of aryl methyl sites for hydroxylation is 1. The highest BCUT2D eigenvalue weighted by Crippen LogP contribution is 2.31. The molecular formula is C23H30N4O5S. The highest BCUT2D eigenvalue weighted by molar-refractivity contribution is 7.92. The van der Waals surface area contributed by atoms with E-state index in [1.54, 1.807) is 6.92 Å². The van der Waals surface area contributed by atoms with Gasteiger partial charge in [-0.3, -0.25) is 14.6 Å². The molecule has 1 N–H and O–H groups in total. The van der Waals surface area contributed by atoms with Gasteiger partial charge in [0, 0.05) is 37.4 Å². The number of nitrogens with zero attached hydrogens (tertiary/aromatic N) is 3. The first-order chi connectivity index (χ1) is 15.9. The monoisotopic (exact) mass is 474 g/mol. The molecule has 4 rings (SSSR count). The Labute approximate surface area is 193 Å².